The summed E-state index contributed by atoms with van der Waals surface area (Å²) in [6, 6.07) is 7.12. The summed E-state index contributed by atoms with van der Waals surface area (Å²) in [6.45, 7) is 3.55. The Morgan fingerprint density at radius 3 is 2.38 bits per heavy atom. The molecule has 0 aliphatic heterocycles. The molecule has 0 atom stereocenters. The van der Waals surface area contributed by atoms with Gasteiger partial charge in [0.15, 0.2) is 11.5 Å². The Hall–Kier alpha value is -2.59. The minimum absolute atomic E-state index is 0.0332. The van der Waals surface area contributed by atoms with E-state index in [9.17, 15) is 10.1 Å². The van der Waals surface area contributed by atoms with E-state index in [4.69, 9.17) is 9.47 Å². The van der Waals surface area contributed by atoms with Gasteiger partial charge in [-0.05, 0) is 43.7 Å². The van der Waals surface area contributed by atoms with E-state index >= 15 is 0 Å². The molecule has 0 amide bonds. The second-order valence-electron chi connectivity index (χ2n) is 5.04. The first kappa shape index (κ1) is 17.8. The third-order valence-electron chi connectivity index (χ3n) is 3.36. The van der Waals surface area contributed by atoms with Gasteiger partial charge >= 0.3 is 0 Å². The van der Waals surface area contributed by atoms with Crippen LogP contribution in [0.3, 0.4) is 0 Å². The summed E-state index contributed by atoms with van der Waals surface area (Å²) in [5.74, 6) is 0.567. The van der Waals surface area contributed by atoms with E-state index in [1.54, 1.807) is 32.0 Å². The number of carbonyl (C=O) groups excluding carboxylic acids is 1. The van der Waals surface area contributed by atoms with Crippen molar-refractivity contribution in [1.29, 1.82) is 5.26 Å². The van der Waals surface area contributed by atoms with Crippen molar-refractivity contribution in [3.05, 3.63) is 45.2 Å². The first-order chi connectivity index (χ1) is 11.4. The normalized spacial score (nSPS) is 11.1. The molecule has 24 heavy (non-hydrogen) atoms. The minimum Gasteiger partial charge on any atom is -0.493 e. The number of carbonyl (C=O) groups is 1. The van der Waals surface area contributed by atoms with Crippen molar-refractivity contribution >= 4 is 27.9 Å². The lowest BCUT2D eigenvalue weighted by Gasteiger charge is -2.10. The maximum atomic E-state index is 12.5. The van der Waals surface area contributed by atoms with Crippen LogP contribution in [0.25, 0.3) is 6.08 Å². The van der Waals surface area contributed by atoms with Crippen LogP contribution in [0.15, 0.2) is 28.2 Å². The third-order valence-corrected chi connectivity index (χ3v) is 4.04. The summed E-state index contributed by atoms with van der Waals surface area (Å²) in [4.78, 5) is 12.5. The van der Waals surface area contributed by atoms with Crippen molar-refractivity contribution in [3.63, 3.8) is 0 Å². The lowest BCUT2D eigenvalue weighted by molar-refractivity contribution is 0.0943. The van der Waals surface area contributed by atoms with Crippen molar-refractivity contribution in [2.75, 3.05) is 14.2 Å². The fraction of sp³-hybridized carbons (Fsp3) is 0.235. The Kier molecular flexibility index (Phi) is 5.42. The summed E-state index contributed by atoms with van der Waals surface area (Å²) < 4.78 is 12.4. The molecule has 0 saturated heterocycles. The predicted octanol–water partition coefficient (Wildman–Crippen LogP) is 3.53. The summed E-state index contributed by atoms with van der Waals surface area (Å²) in [6.07, 6.45) is 1.49. The molecule has 2 aromatic rings. The Balaban J connectivity index is 2.50. The highest BCUT2D eigenvalue weighted by atomic mass is 79.9. The molecule has 0 saturated carbocycles. The van der Waals surface area contributed by atoms with Gasteiger partial charge in [0.05, 0.1) is 19.9 Å². The molecule has 0 spiro atoms. The van der Waals surface area contributed by atoms with Crippen LogP contribution in [0.4, 0.5) is 0 Å². The predicted molar refractivity (Wildman–Crippen MR) is 93.2 cm³/mol. The molecular formula is C17H16BrN3O3. The van der Waals surface area contributed by atoms with Crippen molar-refractivity contribution in [2.24, 2.45) is 0 Å². The van der Waals surface area contributed by atoms with E-state index in [1.165, 1.54) is 25.0 Å². The third kappa shape index (κ3) is 3.49. The van der Waals surface area contributed by atoms with Crippen LogP contribution in [0.1, 0.15) is 21.7 Å². The molecule has 0 unspecified atom stereocenters. The van der Waals surface area contributed by atoms with E-state index < -0.39 is 5.91 Å². The van der Waals surface area contributed by atoms with Crippen LogP contribution in [-0.4, -0.2) is 29.9 Å². The highest BCUT2D eigenvalue weighted by Crippen LogP contribution is 2.34. The highest BCUT2D eigenvalue weighted by Gasteiger charge is 2.17. The lowest BCUT2D eigenvalue weighted by atomic mass is 10.1. The zero-order valence-electron chi connectivity index (χ0n) is 13.8. The van der Waals surface area contributed by atoms with E-state index in [-0.39, 0.29) is 5.57 Å². The quantitative estimate of drug-likeness (QED) is 0.590. The monoisotopic (exact) mass is 389 g/mol. The molecule has 0 radical (unpaired) electrons. The van der Waals surface area contributed by atoms with Gasteiger partial charge in [-0.1, -0.05) is 15.9 Å². The SMILES string of the molecule is COc1cc(Br)c(/C=C(\C#N)C(=O)n2nc(C)cc2C)cc1OC. The fourth-order valence-corrected chi connectivity index (χ4v) is 2.66. The molecular weight excluding hydrogens is 374 g/mol. The number of hydrogen-bond donors (Lipinski definition) is 0. The largest absolute Gasteiger partial charge is 0.493 e. The fourth-order valence-electron chi connectivity index (χ4n) is 2.23. The molecule has 1 aromatic heterocycles. The summed E-state index contributed by atoms with van der Waals surface area (Å²) >= 11 is 3.41. The molecule has 0 N–H and O–H groups in total. The van der Waals surface area contributed by atoms with Crippen LogP contribution in [0.5, 0.6) is 11.5 Å². The summed E-state index contributed by atoms with van der Waals surface area (Å²) in [5, 5.41) is 13.5. The average molecular weight is 390 g/mol. The first-order valence-corrected chi connectivity index (χ1v) is 7.81. The molecule has 1 aromatic carbocycles. The average Bonchev–Trinajstić information content (AvgIpc) is 2.91. The zero-order valence-corrected chi connectivity index (χ0v) is 15.3. The number of allylic oxidation sites excluding steroid dienone is 1. The first-order valence-electron chi connectivity index (χ1n) is 7.02. The minimum atomic E-state index is -0.482. The van der Waals surface area contributed by atoms with Gasteiger partial charge in [0.25, 0.3) is 5.91 Å². The van der Waals surface area contributed by atoms with Crippen LogP contribution < -0.4 is 9.47 Å². The molecule has 7 heteroatoms. The maximum absolute atomic E-state index is 12.5. The number of methoxy groups -OCH3 is 2. The van der Waals surface area contributed by atoms with Gasteiger partial charge < -0.3 is 9.47 Å². The number of nitriles is 1. The number of benzene rings is 1. The smallest absolute Gasteiger partial charge is 0.289 e. The lowest BCUT2D eigenvalue weighted by Crippen LogP contribution is -2.15. The van der Waals surface area contributed by atoms with E-state index in [2.05, 4.69) is 21.0 Å². The number of aromatic nitrogens is 2. The Bertz CT molecular complexity index is 863. The van der Waals surface area contributed by atoms with Crippen LogP contribution in [-0.2, 0) is 0 Å². The van der Waals surface area contributed by atoms with Gasteiger partial charge in [-0.2, -0.15) is 10.4 Å². The molecule has 0 fully saturated rings. The van der Waals surface area contributed by atoms with E-state index in [0.29, 0.717) is 32.9 Å². The van der Waals surface area contributed by atoms with Crippen LogP contribution in [0.2, 0.25) is 0 Å². The molecule has 0 aliphatic rings. The van der Waals surface area contributed by atoms with Gasteiger partial charge in [-0.3, -0.25) is 4.79 Å². The van der Waals surface area contributed by atoms with E-state index in [1.807, 2.05) is 6.07 Å². The molecule has 6 nitrogen and oxygen atoms in total. The van der Waals surface area contributed by atoms with Crippen LogP contribution in [0, 0.1) is 25.2 Å². The van der Waals surface area contributed by atoms with Crippen molar-refractivity contribution in [1.82, 2.24) is 9.78 Å². The topological polar surface area (TPSA) is 77.1 Å². The van der Waals surface area contributed by atoms with Gasteiger partial charge in [-0.25, -0.2) is 4.68 Å². The van der Waals surface area contributed by atoms with Crippen molar-refractivity contribution in [2.45, 2.75) is 13.8 Å². The second kappa shape index (κ2) is 7.32. The Morgan fingerprint density at radius 2 is 1.88 bits per heavy atom. The molecule has 124 valence electrons. The second-order valence-corrected chi connectivity index (χ2v) is 5.90. The number of aryl methyl sites for hydroxylation is 2. The molecule has 0 aliphatic carbocycles. The zero-order chi connectivity index (χ0) is 17.9. The number of nitrogens with zero attached hydrogens (tertiary/aromatic N) is 3. The van der Waals surface area contributed by atoms with Crippen molar-refractivity contribution in [3.8, 4) is 17.6 Å². The van der Waals surface area contributed by atoms with E-state index in [0.717, 1.165) is 0 Å². The standard InChI is InChI=1S/C17H16BrN3O3/c1-10-5-11(2)21(20-10)17(22)13(9-19)6-12-7-15(23-3)16(24-4)8-14(12)18/h5-8H,1-4H3/b13-6+. The highest BCUT2D eigenvalue weighted by molar-refractivity contribution is 9.10. The number of halogens is 1. The molecule has 1 heterocycles. The summed E-state index contributed by atoms with van der Waals surface area (Å²) in [7, 11) is 3.05. The number of hydrogen-bond acceptors (Lipinski definition) is 5. The number of ether oxygens (including phenoxy) is 2. The van der Waals surface area contributed by atoms with Gasteiger partial charge in [0.2, 0.25) is 0 Å². The Labute approximate surface area is 148 Å². The van der Waals surface area contributed by atoms with Gasteiger partial charge in [0.1, 0.15) is 11.6 Å². The molecule has 2 rings (SSSR count). The van der Waals surface area contributed by atoms with Crippen molar-refractivity contribution < 1.29 is 14.3 Å². The maximum Gasteiger partial charge on any atom is 0.289 e. The van der Waals surface area contributed by atoms with Gasteiger partial charge in [0, 0.05) is 10.2 Å². The van der Waals surface area contributed by atoms with Gasteiger partial charge in [-0.15, -0.1) is 0 Å². The summed E-state index contributed by atoms with van der Waals surface area (Å²) in [5.41, 5.74) is 1.98. The Morgan fingerprint density at radius 1 is 1.25 bits per heavy atom. The van der Waals surface area contributed by atoms with Crippen LogP contribution >= 0.6 is 15.9 Å². The number of rotatable bonds is 4. The molecule has 0 bridgehead atoms.